The van der Waals surface area contributed by atoms with Crippen molar-refractivity contribution < 1.29 is 4.74 Å². The summed E-state index contributed by atoms with van der Waals surface area (Å²) in [5.41, 5.74) is 0. The monoisotopic (exact) mass is 187 g/mol. The minimum atomic E-state index is 0.780. The summed E-state index contributed by atoms with van der Waals surface area (Å²) in [7, 11) is 1.76. The second kappa shape index (κ2) is 8.52. The van der Waals surface area contributed by atoms with Gasteiger partial charge >= 0.3 is 0 Å². The fourth-order valence-corrected chi connectivity index (χ4v) is 1.06. The predicted octanol–water partition coefficient (Wildman–Crippen LogP) is 2.29. The lowest BCUT2D eigenvalue weighted by Crippen LogP contribution is -2.25. The summed E-state index contributed by atoms with van der Waals surface area (Å²) in [6, 6.07) is 0. The van der Waals surface area contributed by atoms with Crippen molar-refractivity contribution in [3.8, 4) is 0 Å². The van der Waals surface area contributed by atoms with E-state index in [1.807, 2.05) is 0 Å². The van der Waals surface area contributed by atoms with Gasteiger partial charge < -0.3 is 10.1 Å². The van der Waals surface area contributed by atoms with Crippen LogP contribution in [0.25, 0.3) is 0 Å². The van der Waals surface area contributed by atoms with Gasteiger partial charge in [-0.3, -0.25) is 0 Å². The molecule has 0 spiro atoms. The Labute approximate surface area is 83.1 Å². The molecule has 0 bridgehead atoms. The number of nitrogens with one attached hydrogen (secondary N) is 1. The molecule has 0 radical (unpaired) electrons. The molecule has 0 amide bonds. The third kappa shape index (κ3) is 8.26. The van der Waals surface area contributed by atoms with Gasteiger partial charge in [0.05, 0.1) is 0 Å². The number of unbranched alkanes of at least 4 members (excludes halogenated alkanes) is 1. The third-order valence-electron chi connectivity index (χ3n) is 2.56. The standard InChI is InChI=1S/C11H25NO/c1-10(2)11(3)9-12-7-5-6-8-13-4/h10-12H,5-9H2,1-4H3. The van der Waals surface area contributed by atoms with E-state index in [-0.39, 0.29) is 0 Å². The van der Waals surface area contributed by atoms with Gasteiger partial charge in [0.1, 0.15) is 0 Å². The number of hydrogen-bond donors (Lipinski definition) is 1. The normalized spacial score (nSPS) is 13.6. The van der Waals surface area contributed by atoms with Gasteiger partial charge in [-0.1, -0.05) is 20.8 Å². The molecule has 1 N–H and O–H groups in total. The van der Waals surface area contributed by atoms with E-state index in [2.05, 4.69) is 26.1 Å². The Bertz CT molecular complexity index is 104. The number of methoxy groups -OCH3 is 1. The van der Waals surface area contributed by atoms with Crippen LogP contribution in [0.5, 0.6) is 0 Å². The highest BCUT2D eigenvalue weighted by Crippen LogP contribution is 2.07. The molecule has 80 valence electrons. The quantitative estimate of drug-likeness (QED) is 0.589. The summed E-state index contributed by atoms with van der Waals surface area (Å²) >= 11 is 0. The van der Waals surface area contributed by atoms with E-state index in [0.717, 1.165) is 31.5 Å². The average Bonchev–Trinajstić information content (AvgIpc) is 2.10. The SMILES string of the molecule is COCCCCNCC(C)C(C)C. The molecular weight excluding hydrogens is 162 g/mol. The lowest BCUT2D eigenvalue weighted by atomic mass is 9.98. The van der Waals surface area contributed by atoms with Crippen LogP contribution in [0.4, 0.5) is 0 Å². The summed E-state index contributed by atoms with van der Waals surface area (Å²) in [4.78, 5) is 0. The fourth-order valence-electron chi connectivity index (χ4n) is 1.06. The zero-order valence-corrected chi connectivity index (χ0v) is 9.60. The number of hydrogen-bond acceptors (Lipinski definition) is 2. The van der Waals surface area contributed by atoms with E-state index in [1.165, 1.54) is 12.8 Å². The first kappa shape index (κ1) is 12.9. The van der Waals surface area contributed by atoms with Crippen molar-refractivity contribution in [3.63, 3.8) is 0 Å². The highest BCUT2D eigenvalue weighted by Gasteiger charge is 2.04. The van der Waals surface area contributed by atoms with Crippen molar-refractivity contribution in [3.05, 3.63) is 0 Å². The van der Waals surface area contributed by atoms with Gasteiger partial charge in [0.15, 0.2) is 0 Å². The largest absolute Gasteiger partial charge is 0.385 e. The Morgan fingerprint density at radius 1 is 1.15 bits per heavy atom. The molecule has 0 saturated heterocycles. The van der Waals surface area contributed by atoms with Gasteiger partial charge in [0, 0.05) is 13.7 Å². The Hall–Kier alpha value is -0.0800. The van der Waals surface area contributed by atoms with E-state index in [1.54, 1.807) is 7.11 Å². The minimum Gasteiger partial charge on any atom is -0.385 e. The molecule has 0 fully saturated rings. The van der Waals surface area contributed by atoms with Crippen molar-refractivity contribution >= 4 is 0 Å². The van der Waals surface area contributed by atoms with Crippen LogP contribution >= 0.6 is 0 Å². The van der Waals surface area contributed by atoms with Gasteiger partial charge in [-0.2, -0.15) is 0 Å². The Morgan fingerprint density at radius 2 is 1.85 bits per heavy atom. The van der Waals surface area contributed by atoms with Crippen LogP contribution in [-0.4, -0.2) is 26.8 Å². The zero-order chi connectivity index (χ0) is 10.1. The van der Waals surface area contributed by atoms with Crippen molar-refractivity contribution in [2.75, 3.05) is 26.8 Å². The lowest BCUT2D eigenvalue weighted by molar-refractivity contribution is 0.192. The molecule has 1 atom stereocenters. The minimum absolute atomic E-state index is 0.780. The van der Waals surface area contributed by atoms with Gasteiger partial charge in [0.25, 0.3) is 0 Å². The van der Waals surface area contributed by atoms with E-state index in [9.17, 15) is 0 Å². The molecule has 2 nitrogen and oxygen atoms in total. The predicted molar refractivity (Wildman–Crippen MR) is 58.0 cm³/mol. The Balaban J connectivity index is 3.07. The maximum Gasteiger partial charge on any atom is 0.0462 e. The number of rotatable bonds is 8. The second-order valence-electron chi connectivity index (χ2n) is 4.13. The van der Waals surface area contributed by atoms with Crippen LogP contribution in [0, 0.1) is 11.8 Å². The first-order chi connectivity index (χ1) is 6.18. The number of ether oxygens (including phenoxy) is 1. The highest BCUT2D eigenvalue weighted by atomic mass is 16.5. The van der Waals surface area contributed by atoms with Crippen LogP contribution < -0.4 is 5.32 Å². The lowest BCUT2D eigenvalue weighted by Gasteiger charge is -2.15. The van der Waals surface area contributed by atoms with E-state index >= 15 is 0 Å². The van der Waals surface area contributed by atoms with E-state index in [4.69, 9.17) is 4.74 Å². The third-order valence-corrected chi connectivity index (χ3v) is 2.56. The molecule has 0 saturated carbocycles. The second-order valence-corrected chi connectivity index (χ2v) is 4.13. The van der Waals surface area contributed by atoms with Crippen molar-refractivity contribution in [2.24, 2.45) is 11.8 Å². The molecule has 0 aromatic heterocycles. The average molecular weight is 187 g/mol. The smallest absolute Gasteiger partial charge is 0.0462 e. The maximum atomic E-state index is 4.98. The molecule has 0 rings (SSSR count). The van der Waals surface area contributed by atoms with Crippen molar-refractivity contribution in [2.45, 2.75) is 33.6 Å². The molecule has 1 unspecified atom stereocenters. The summed E-state index contributed by atoms with van der Waals surface area (Å²) < 4.78 is 4.98. The topological polar surface area (TPSA) is 21.3 Å². The fraction of sp³-hybridized carbons (Fsp3) is 1.00. The summed E-state index contributed by atoms with van der Waals surface area (Å²) in [6.45, 7) is 10.0. The van der Waals surface area contributed by atoms with Gasteiger partial charge in [0.2, 0.25) is 0 Å². The molecule has 0 aromatic carbocycles. The highest BCUT2D eigenvalue weighted by molar-refractivity contribution is 4.60. The molecule has 13 heavy (non-hydrogen) atoms. The van der Waals surface area contributed by atoms with Crippen LogP contribution in [0.15, 0.2) is 0 Å². The zero-order valence-electron chi connectivity index (χ0n) is 9.60. The first-order valence-electron chi connectivity index (χ1n) is 5.38. The van der Waals surface area contributed by atoms with E-state index < -0.39 is 0 Å². The van der Waals surface area contributed by atoms with E-state index in [0.29, 0.717) is 0 Å². The van der Waals surface area contributed by atoms with Crippen LogP contribution in [0.1, 0.15) is 33.6 Å². The van der Waals surface area contributed by atoms with Crippen LogP contribution in [0.2, 0.25) is 0 Å². The van der Waals surface area contributed by atoms with Gasteiger partial charge in [-0.15, -0.1) is 0 Å². The Kier molecular flexibility index (Phi) is 8.46. The van der Waals surface area contributed by atoms with Gasteiger partial charge in [-0.05, 0) is 37.8 Å². The molecule has 0 aliphatic rings. The Morgan fingerprint density at radius 3 is 2.38 bits per heavy atom. The summed E-state index contributed by atoms with van der Waals surface area (Å²) in [5.74, 6) is 1.56. The molecule has 0 aliphatic carbocycles. The molecule has 2 heteroatoms. The van der Waals surface area contributed by atoms with Crippen molar-refractivity contribution in [1.29, 1.82) is 0 Å². The van der Waals surface area contributed by atoms with Crippen molar-refractivity contribution in [1.82, 2.24) is 5.32 Å². The van der Waals surface area contributed by atoms with Crippen LogP contribution in [0.3, 0.4) is 0 Å². The molecule has 0 heterocycles. The van der Waals surface area contributed by atoms with Gasteiger partial charge in [-0.25, -0.2) is 0 Å². The molecule has 0 aliphatic heterocycles. The maximum absolute atomic E-state index is 4.98. The van der Waals surface area contributed by atoms with Crippen LogP contribution in [-0.2, 0) is 4.74 Å². The molecular formula is C11H25NO. The summed E-state index contributed by atoms with van der Waals surface area (Å²) in [5, 5.41) is 3.47. The first-order valence-corrected chi connectivity index (χ1v) is 5.38. The molecule has 0 aromatic rings. The summed E-state index contributed by atoms with van der Waals surface area (Å²) in [6.07, 6.45) is 2.39.